The molecule has 4 rings (SSSR count). The number of likely N-dealkylation sites (tertiary alicyclic amines) is 1. The van der Waals surface area contributed by atoms with Crippen LogP contribution in [0, 0.1) is 5.92 Å². The van der Waals surface area contributed by atoms with Gasteiger partial charge in [-0.05, 0) is 62.2 Å². The van der Waals surface area contributed by atoms with Gasteiger partial charge in [-0.3, -0.25) is 9.78 Å². The summed E-state index contributed by atoms with van der Waals surface area (Å²) >= 11 is 0. The summed E-state index contributed by atoms with van der Waals surface area (Å²) < 4.78 is 11.3. The third-order valence-electron chi connectivity index (χ3n) is 6.56. The van der Waals surface area contributed by atoms with E-state index in [9.17, 15) is 4.79 Å². The average molecular weight is 424 g/mol. The summed E-state index contributed by atoms with van der Waals surface area (Å²) in [6.45, 7) is 7.35. The van der Waals surface area contributed by atoms with Gasteiger partial charge in [-0.1, -0.05) is 25.1 Å². The lowest BCUT2D eigenvalue weighted by Crippen LogP contribution is -2.43. The van der Waals surface area contributed by atoms with Crippen LogP contribution in [0.3, 0.4) is 0 Å². The molecule has 2 aliphatic rings. The molecular weight excluding hydrogens is 390 g/mol. The molecule has 31 heavy (non-hydrogen) atoms. The van der Waals surface area contributed by atoms with Crippen LogP contribution in [-0.2, 0) is 9.53 Å². The number of amides is 1. The molecule has 3 heterocycles. The van der Waals surface area contributed by atoms with Crippen LogP contribution in [-0.4, -0.2) is 67.1 Å². The van der Waals surface area contributed by atoms with Crippen molar-refractivity contribution in [2.75, 3.05) is 46.4 Å². The van der Waals surface area contributed by atoms with Crippen LogP contribution in [0.1, 0.15) is 38.0 Å². The smallest absolute Gasteiger partial charge is 0.223 e. The topological polar surface area (TPSA) is 54.9 Å². The van der Waals surface area contributed by atoms with Crippen molar-refractivity contribution in [3.8, 4) is 16.9 Å². The average Bonchev–Trinajstić information content (AvgIpc) is 2.84. The molecule has 2 fully saturated rings. The van der Waals surface area contributed by atoms with Gasteiger partial charge in [-0.15, -0.1) is 0 Å². The van der Waals surface area contributed by atoms with Crippen molar-refractivity contribution < 1.29 is 14.3 Å². The first-order valence-electron chi connectivity index (χ1n) is 11.4. The van der Waals surface area contributed by atoms with Crippen molar-refractivity contribution in [3.63, 3.8) is 0 Å². The van der Waals surface area contributed by atoms with E-state index in [1.807, 2.05) is 41.4 Å². The summed E-state index contributed by atoms with van der Waals surface area (Å²) in [6.07, 6.45) is 4.61. The van der Waals surface area contributed by atoms with Crippen LogP contribution in [0.2, 0.25) is 0 Å². The molecule has 0 radical (unpaired) electrons. The van der Waals surface area contributed by atoms with Crippen LogP contribution < -0.4 is 4.74 Å². The summed E-state index contributed by atoms with van der Waals surface area (Å²) in [5, 5.41) is 0. The molecule has 2 aromatic rings. The highest BCUT2D eigenvalue weighted by Gasteiger charge is 2.28. The number of aromatic nitrogens is 1. The number of benzene rings is 1. The van der Waals surface area contributed by atoms with Crippen LogP contribution in [0.4, 0.5) is 0 Å². The minimum Gasteiger partial charge on any atom is -0.497 e. The summed E-state index contributed by atoms with van der Waals surface area (Å²) in [5.74, 6) is 1.60. The fraction of sp³-hybridized carbons (Fsp3) is 0.520. The molecule has 1 amide bonds. The molecule has 1 aromatic heterocycles. The zero-order valence-corrected chi connectivity index (χ0v) is 18.6. The Bertz CT molecular complexity index is 863. The molecule has 0 unspecified atom stereocenters. The Morgan fingerprint density at radius 3 is 2.71 bits per heavy atom. The standard InChI is InChI=1S/C25H33N3O3/c1-3-27-11-9-19(10-12-27)15-25(29)28-13-14-31-24(18-28)23-8-7-21(17-26-23)20-5-4-6-22(16-20)30-2/h4-8,16-17,19,24H,3,9-15,18H2,1-2H3/t24-/m1/s1. The van der Waals surface area contributed by atoms with E-state index in [1.54, 1.807) is 7.11 Å². The highest BCUT2D eigenvalue weighted by Crippen LogP contribution is 2.27. The van der Waals surface area contributed by atoms with Gasteiger partial charge in [0, 0.05) is 24.7 Å². The summed E-state index contributed by atoms with van der Waals surface area (Å²) in [7, 11) is 1.67. The monoisotopic (exact) mass is 423 g/mol. The second-order valence-electron chi connectivity index (χ2n) is 8.48. The number of nitrogens with zero attached hydrogens (tertiary/aromatic N) is 3. The van der Waals surface area contributed by atoms with E-state index in [-0.39, 0.29) is 12.0 Å². The number of methoxy groups -OCH3 is 1. The predicted molar refractivity (Wildman–Crippen MR) is 121 cm³/mol. The first-order chi connectivity index (χ1) is 15.2. The molecule has 0 bridgehead atoms. The number of rotatable bonds is 6. The van der Waals surface area contributed by atoms with Crippen LogP contribution in [0.15, 0.2) is 42.6 Å². The summed E-state index contributed by atoms with van der Waals surface area (Å²) in [4.78, 5) is 22.0. The number of hydrogen-bond donors (Lipinski definition) is 0. The molecule has 0 aliphatic carbocycles. The molecule has 166 valence electrons. The normalized spacial score (nSPS) is 20.6. The molecule has 0 spiro atoms. The van der Waals surface area contributed by atoms with Crippen LogP contribution in [0.5, 0.6) is 5.75 Å². The third kappa shape index (κ3) is 5.43. The summed E-state index contributed by atoms with van der Waals surface area (Å²) in [6, 6.07) is 12.0. The van der Waals surface area contributed by atoms with Crippen LogP contribution in [0.25, 0.3) is 11.1 Å². The van der Waals surface area contributed by atoms with Crippen molar-refractivity contribution in [3.05, 3.63) is 48.3 Å². The van der Waals surface area contributed by atoms with Gasteiger partial charge in [0.1, 0.15) is 11.9 Å². The largest absolute Gasteiger partial charge is 0.497 e. The fourth-order valence-corrected chi connectivity index (χ4v) is 4.51. The molecule has 1 atom stereocenters. The van der Waals surface area contributed by atoms with Crippen molar-refractivity contribution in [1.29, 1.82) is 0 Å². The Hall–Kier alpha value is -2.44. The number of carbonyl (C=O) groups excluding carboxylic acids is 1. The first kappa shape index (κ1) is 21.8. The van der Waals surface area contributed by atoms with E-state index in [0.717, 1.165) is 55.0 Å². The van der Waals surface area contributed by atoms with Gasteiger partial charge >= 0.3 is 0 Å². The minimum absolute atomic E-state index is 0.168. The van der Waals surface area contributed by atoms with Gasteiger partial charge in [-0.2, -0.15) is 0 Å². The Labute approximate surface area is 185 Å². The van der Waals surface area contributed by atoms with Crippen LogP contribution >= 0.6 is 0 Å². The van der Waals surface area contributed by atoms with Gasteiger partial charge in [0.15, 0.2) is 0 Å². The van der Waals surface area contributed by atoms with Gasteiger partial charge < -0.3 is 19.3 Å². The van der Waals surface area contributed by atoms with E-state index < -0.39 is 0 Å². The van der Waals surface area contributed by atoms with Gasteiger partial charge in [0.05, 0.1) is 26.0 Å². The zero-order chi connectivity index (χ0) is 21.6. The Morgan fingerprint density at radius 1 is 1.16 bits per heavy atom. The Morgan fingerprint density at radius 2 is 2.00 bits per heavy atom. The second-order valence-corrected chi connectivity index (χ2v) is 8.48. The minimum atomic E-state index is -0.168. The molecular formula is C25H33N3O3. The number of hydrogen-bond acceptors (Lipinski definition) is 5. The lowest BCUT2D eigenvalue weighted by atomic mass is 9.93. The van der Waals surface area contributed by atoms with E-state index in [0.29, 0.717) is 32.0 Å². The molecule has 1 aromatic carbocycles. The molecule has 2 aliphatic heterocycles. The third-order valence-corrected chi connectivity index (χ3v) is 6.56. The molecule has 6 nitrogen and oxygen atoms in total. The Balaban J connectivity index is 1.35. The maximum absolute atomic E-state index is 12.9. The predicted octanol–water partition coefficient (Wildman–Crippen LogP) is 3.78. The number of ether oxygens (including phenoxy) is 2. The van der Waals surface area contributed by atoms with Gasteiger partial charge in [-0.25, -0.2) is 0 Å². The number of morpholine rings is 1. The zero-order valence-electron chi connectivity index (χ0n) is 18.6. The van der Waals surface area contributed by atoms with E-state index >= 15 is 0 Å². The van der Waals surface area contributed by atoms with Crippen molar-refractivity contribution in [1.82, 2.24) is 14.8 Å². The molecule has 6 heteroatoms. The van der Waals surface area contributed by atoms with Crippen molar-refractivity contribution in [2.24, 2.45) is 5.92 Å². The highest BCUT2D eigenvalue weighted by molar-refractivity contribution is 5.76. The number of piperidine rings is 1. The molecule has 0 saturated carbocycles. The fourth-order valence-electron chi connectivity index (χ4n) is 4.51. The van der Waals surface area contributed by atoms with Crippen molar-refractivity contribution >= 4 is 5.91 Å². The molecule has 2 saturated heterocycles. The summed E-state index contributed by atoms with van der Waals surface area (Å²) in [5.41, 5.74) is 2.97. The van der Waals surface area contributed by atoms with E-state index in [2.05, 4.69) is 22.9 Å². The second kappa shape index (κ2) is 10.2. The first-order valence-corrected chi connectivity index (χ1v) is 11.4. The van der Waals surface area contributed by atoms with Gasteiger partial charge in [0.2, 0.25) is 5.91 Å². The Kier molecular flexibility index (Phi) is 7.20. The van der Waals surface area contributed by atoms with E-state index in [1.165, 1.54) is 0 Å². The SMILES string of the molecule is CCN1CCC(CC(=O)N2CCO[C@@H](c3ccc(-c4cccc(OC)c4)cn3)C2)CC1. The molecule has 0 N–H and O–H groups in total. The van der Waals surface area contributed by atoms with Gasteiger partial charge in [0.25, 0.3) is 0 Å². The lowest BCUT2D eigenvalue weighted by molar-refractivity contribution is -0.140. The van der Waals surface area contributed by atoms with E-state index in [4.69, 9.17) is 9.47 Å². The maximum atomic E-state index is 12.9. The quantitative estimate of drug-likeness (QED) is 0.708. The number of pyridine rings is 1. The van der Waals surface area contributed by atoms with Crippen molar-refractivity contribution in [2.45, 2.75) is 32.3 Å². The maximum Gasteiger partial charge on any atom is 0.223 e. The lowest BCUT2D eigenvalue weighted by Gasteiger charge is -2.35. The number of carbonyl (C=O) groups is 1. The highest BCUT2D eigenvalue weighted by atomic mass is 16.5.